The van der Waals surface area contributed by atoms with E-state index >= 15 is 0 Å². The second-order valence-corrected chi connectivity index (χ2v) is 8.65. The maximum atomic E-state index is 12.2. The number of amides is 1. The highest BCUT2D eigenvalue weighted by Crippen LogP contribution is 2.59. The summed E-state index contributed by atoms with van der Waals surface area (Å²) in [6.07, 6.45) is 7.78. The van der Waals surface area contributed by atoms with Crippen LogP contribution < -0.4 is 10.1 Å². The molecule has 6 heteroatoms. The Bertz CT molecular complexity index is 709. The van der Waals surface area contributed by atoms with Crippen LogP contribution in [0, 0.1) is 23.2 Å². The van der Waals surface area contributed by atoms with Crippen molar-refractivity contribution in [2.24, 2.45) is 23.2 Å². The largest absolute Gasteiger partial charge is 0.507 e. The van der Waals surface area contributed by atoms with Gasteiger partial charge < -0.3 is 19.9 Å². The molecule has 0 unspecified atom stereocenters. The van der Waals surface area contributed by atoms with Crippen molar-refractivity contribution >= 4 is 11.9 Å². The van der Waals surface area contributed by atoms with E-state index in [1.165, 1.54) is 57.8 Å². The van der Waals surface area contributed by atoms with Crippen LogP contribution in [0.2, 0.25) is 0 Å². The van der Waals surface area contributed by atoms with Gasteiger partial charge in [-0.15, -0.1) is 0 Å². The first kappa shape index (κ1) is 18.1. The number of ether oxygens (including phenoxy) is 2. The van der Waals surface area contributed by atoms with Gasteiger partial charge in [0.1, 0.15) is 17.1 Å². The SMILES string of the molecule is COc1ccc(C(=O)OCC(=O)NCC23CC4CC(CC(C4)C2)C3)c(O)c1. The Morgan fingerprint density at radius 2 is 1.78 bits per heavy atom. The summed E-state index contributed by atoms with van der Waals surface area (Å²) >= 11 is 0. The maximum absolute atomic E-state index is 12.2. The van der Waals surface area contributed by atoms with E-state index in [1.54, 1.807) is 6.07 Å². The number of carbonyl (C=O) groups is 2. The van der Waals surface area contributed by atoms with E-state index in [2.05, 4.69) is 5.32 Å². The van der Waals surface area contributed by atoms with Gasteiger partial charge in [-0.3, -0.25) is 4.79 Å². The Labute approximate surface area is 159 Å². The smallest absolute Gasteiger partial charge is 0.342 e. The number of phenols is 1. The molecule has 2 N–H and O–H groups in total. The van der Waals surface area contributed by atoms with Crippen LogP contribution in [-0.4, -0.2) is 37.2 Å². The third-order valence-corrected chi connectivity index (χ3v) is 6.58. The third kappa shape index (κ3) is 3.75. The molecule has 0 radical (unpaired) electrons. The van der Waals surface area contributed by atoms with Gasteiger partial charge >= 0.3 is 5.97 Å². The summed E-state index contributed by atoms with van der Waals surface area (Å²) in [4.78, 5) is 24.3. The zero-order valence-corrected chi connectivity index (χ0v) is 15.7. The van der Waals surface area contributed by atoms with E-state index in [0.29, 0.717) is 12.3 Å². The highest BCUT2D eigenvalue weighted by atomic mass is 16.5. The number of hydrogen-bond donors (Lipinski definition) is 2. The summed E-state index contributed by atoms with van der Waals surface area (Å²) in [5, 5.41) is 12.9. The lowest BCUT2D eigenvalue weighted by Gasteiger charge is -2.56. The van der Waals surface area contributed by atoms with Crippen molar-refractivity contribution in [3.05, 3.63) is 23.8 Å². The number of phenolic OH excluding ortho intramolecular Hbond substituents is 1. The molecule has 4 saturated carbocycles. The fourth-order valence-electron chi connectivity index (χ4n) is 5.86. The first-order valence-corrected chi connectivity index (χ1v) is 9.77. The van der Waals surface area contributed by atoms with Crippen LogP contribution in [0.25, 0.3) is 0 Å². The second-order valence-electron chi connectivity index (χ2n) is 8.65. The minimum absolute atomic E-state index is 0.0182. The van der Waals surface area contributed by atoms with E-state index in [9.17, 15) is 14.7 Å². The van der Waals surface area contributed by atoms with Gasteiger partial charge in [-0.1, -0.05) is 0 Å². The fraction of sp³-hybridized carbons (Fsp3) is 0.619. The fourth-order valence-corrected chi connectivity index (χ4v) is 5.86. The van der Waals surface area contributed by atoms with Gasteiger partial charge in [0.15, 0.2) is 6.61 Å². The molecule has 6 nitrogen and oxygen atoms in total. The molecular weight excluding hydrogens is 346 g/mol. The summed E-state index contributed by atoms with van der Waals surface area (Å²) in [6.45, 7) is 0.345. The molecule has 0 saturated heterocycles. The van der Waals surface area contributed by atoms with Gasteiger partial charge in [0, 0.05) is 12.6 Å². The number of aromatic hydroxyl groups is 1. The van der Waals surface area contributed by atoms with Crippen LogP contribution >= 0.6 is 0 Å². The van der Waals surface area contributed by atoms with Crippen molar-refractivity contribution in [1.29, 1.82) is 0 Å². The van der Waals surface area contributed by atoms with Crippen molar-refractivity contribution in [3.8, 4) is 11.5 Å². The lowest BCUT2D eigenvalue weighted by Crippen LogP contribution is -2.51. The van der Waals surface area contributed by atoms with Gasteiger partial charge in [0.05, 0.1) is 7.11 Å². The third-order valence-electron chi connectivity index (χ3n) is 6.58. The van der Waals surface area contributed by atoms with Gasteiger partial charge in [0.2, 0.25) is 0 Å². The monoisotopic (exact) mass is 373 g/mol. The van der Waals surface area contributed by atoms with Gasteiger partial charge in [-0.05, 0) is 73.8 Å². The van der Waals surface area contributed by atoms with E-state index < -0.39 is 5.97 Å². The molecule has 0 aromatic heterocycles. The Morgan fingerprint density at radius 1 is 1.15 bits per heavy atom. The summed E-state index contributed by atoms with van der Waals surface area (Å²) < 4.78 is 10.0. The van der Waals surface area contributed by atoms with Gasteiger partial charge in [-0.2, -0.15) is 0 Å². The van der Waals surface area contributed by atoms with Crippen molar-refractivity contribution < 1.29 is 24.2 Å². The Kier molecular flexibility index (Phi) is 4.74. The molecule has 4 aliphatic rings. The quantitative estimate of drug-likeness (QED) is 0.749. The zero-order valence-electron chi connectivity index (χ0n) is 15.7. The van der Waals surface area contributed by atoms with Gasteiger partial charge in [0.25, 0.3) is 5.91 Å². The summed E-state index contributed by atoms with van der Waals surface area (Å²) in [7, 11) is 1.47. The molecule has 27 heavy (non-hydrogen) atoms. The molecule has 1 amide bonds. The molecule has 4 bridgehead atoms. The Balaban J connectivity index is 1.27. The lowest BCUT2D eigenvalue weighted by atomic mass is 9.49. The molecule has 146 valence electrons. The number of rotatable bonds is 6. The standard InChI is InChI=1S/C21H27NO5/c1-26-16-2-3-17(18(23)7-16)20(25)27-11-19(24)22-12-21-8-13-4-14(9-21)6-15(5-13)10-21/h2-3,7,13-15,23H,4-6,8-12H2,1H3,(H,22,24). The van der Waals surface area contributed by atoms with Crippen LogP contribution in [0.3, 0.4) is 0 Å². The Morgan fingerprint density at radius 3 is 2.33 bits per heavy atom. The highest BCUT2D eigenvalue weighted by Gasteiger charge is 2.50. The first-order chi connectivity index (χ1) is 13.0. The van der Waals surface area contributed by atoms with Crippen LogP contribution in [0.5, 0.6) is 11.5 Å². The topological polar surface area (TPSA) is 84.9 Å². The molecular formula is C21H27NO5. The summed E-state index contributed by atoms with van der Waals surface area (Å²) in [6, 6.07) is 4.32. The van der Waals surface area contributed by atoms with Crippen molar-refractivity contribution in [2.45, 2.75) is 38.5 Å². The number of methoxy groups -OCH3 is 1. The first-order valence-electron chi connectivity index (χ1n) is 9.77. The van der Waals surface area contributed by atoms with Gasteiger partial charge in [-0.25, -0.2) is 4.79 Å². The molecule has 0 atom stereocenters. The molecule has 0 heterocycles. The van der Waals surface area contributed by atoms with Crippen LogP contribution in [-0.2, 0) is 9.53 Å². The van der Waals surface area contributed by atoms with E-state index in [-0.39, 0.29) is 29.2 Å². The van der Waals surface area contributed by atoms with E-state index in [0.717, 1.165) is 17.8 Å². The Hall–Kier alpha value is -2.24. The molecule has 1 aromatic carbocycles. The van der Waals surface area contributed by atoms with Crippen LogP contribution in [0.4, 0.5) is 0 Å². The van der Waals surface area contributed by atoms with E-state index in [4.69, 9.17) is 9.47 Å². The molecule has 5 rings (SSSR count). The number of hydrogen-bond acceptors (Lipinski definition) is 5. The summed E-state index contributed by atoms with van der Waals surface area (Å²) in [5.41, 5.74) is 0.271. The lowest BCUT2D eigenvalue weighted by molar-refractivity contribution is -0.126. The minimum Gasteiger partial charge on any atom is -0.507 e. The van der Waals surface area contributed by atoms with Crippen LogP contribution in [0.15, 0.2) is 18.2 Å². The van der Waals surface area contributed by atoms with Crippen molar-refractivity contribution in [2.75, 3.05) is 20.3 Å². The number of carbonyl (C=O) groups excluding carboxylic acids is 2. The number of esters is 1. The molecule has 0 aliphatic heterocycles. The molecule has 0 spiro atoms. The molecule has 4 fully saturated rings. The zero-order chi connectivity index (χ0) is 19.0. The predicted molar refractivity (Wildman–Crippen MR) is 98.6 cm³/mol. The average molecular weight is 373 g/mol. The van der Waals surface area contributed by atoms with Crippen molar-refractivity contribution in [3.63, 3.8) is 0 Å². The van der Waals surface area contributed by atoms with Crippen molar-refractivity contribution in [1.82, 2.24) is 5.32 Å². The number of nitrogens with one attached hydrogen (secondary N) is 1. The van der Waals surface area contributed by atoms with E-state index in [1.807, 2.05) is 0 Å². The maximum Gasteiger partial charge on any atom is 0.342 e. The highest BCUT2D eigenvalue weighted by molar-refractivity contribution is 5.94. The molecule has 4 aliphatic carbocycles. The normalized spacial score (nSPS) is 30.8. The average Bonchev–Trinajstić information content (AvgIpc) is 2.63. The minimum atomic E-state index is -0.722. The van der Waals surface area contributed by atoms with Crippen LogP contribution in [0.1, 0.15) is 48.9 Å². The number of benzene rings is 1. The molecule has 1 aromatic rings. The second kappa shape index (κ2) is 7.06. The predicted octanol–water partition coefficient (Wildman–Crippen LogP) is 2.89. The summed E-state index contributed by atoms with van der Waals surface area (Å²) in [5.74, 6) is 1.72.